The van der Waals surface area contributed by atoms with Gasteiger partial charge in [-0.1, -0.05) is 23.4 Å². The average molecular weight is 417 g/mol. The molecule has 0 saturated heterocycles. The van der Waals surface area contributed by atoms with Gasteiger partial charge in [0.25, 0.3) is 11.8 Å². The van der Waals surface area contributed by atoms with E-state index in [1.807, 2.05) is 0 Å². The monoisotopic (exact) mass is 417 g/mol. The van der Waals surface area contributed by atoms with Gasteiger partial charge in [-0.2, -0.15) is 18.2 Å². The van der Waals surface area contributed by atoms with Crippen molar-refractivity contribution >= 4 is 17.2 Å². The molecule has 4 rings (SSSR count). The number of aliphatic hydroxyl groups is 1. The molecule has 154 valence electrons. The summed E-state index contributed by atoms with van der Waals surface area (Å²) in [4.78, 5) is 20.5. The van der Waals surface area contributed by atoms with Gasteiger partial charge in [0.15, 0.2) is 0 Å². The molecule has 0 aliphatic heterocycles. The number of pyridine rings is 1. The SMILES string of the molecule is Cc1ccc(-c2noc(C(O)C(F)(F)F)n2)cc1NC(=O)c1cnc2ccccn12. The average Bonchev–Trinajstić information content (AvgIpc) is 3.35. The van der Waals surface area contributed by atoms with E-state index in [0.29, 0.717) is 28.2 Å². The summed E-state index contributed by atoms with van der Waals surface area (Å²) in [5.41, 5.74) is 2.34. The van der Waals surface area contributed by atoms with Crippen LogP contribution in [-0.2, 0) is 0 Å². The molecule has 0 spiro atoms. The van der Waals surface area contributed by atoms with Gasteiger partial charge >= 0.3 is 6.18 Å². The fourth-order valence-electron chi connectivity index (χ4n) is 2.79. The lowest BCUT2D eigenvalue weighted by Gasteiger charge is -2.10. The first-order valence-electron chi connectivity index (χ1n) is 8.67. The molecule has 2 N–H and O–H groups in total. The number of hydrogen-bond acceptors (Lipinski definition) is 6. The molecule has 0 radical (unpaired) electrons. The van der Waals surface area contributed by atoms with E-state index in [-0.39, 0.29) is 5.82 Å². The zero-order valence-electron chi connectivity index (χ0n) is 15.4. The summed E-state index contributed by atoms with van der Waals surface area (Å²) < 4.78 is 44.0. The highest BCUT2D eigenvalue weighted by Gasteiger charge is 2.43. The highest BCUT2D eigenvalue weighted by atomic mass is 19.4. The number of hydrogen-bond donors (Lipinski definition) is 2. The third kappa shape index (κ3) is 3.62. The van der Waals surface area contributed by atoms with Crippen LogP contribution in [0, 0.1) is 6.92 Å². The second-order valence-corrected chi connectivity index (χ2v) is 6.46. The number of carbonyl (C=O) groups is 1. The van der Waals surface area contributed by atoms with E-state index in [0.717, 1.165) is 0 Å². The first-order valence-corrected chi connectivity index (χ1v) is 8.67. The molecule has 3 heterocycles. The van der Waals surface area contributed by atoms with Gasteiger partial charge in [0.2, 0.25) is 11.9 Å². The Morgan fingerprint density at radius 1 is 1.27 bits per heavy atom. The number of anilines is 1. The molecule has 0 aliphatic rings. The minimum Gasteiger partial charge on any atom is -0.376 e. The van der Waals surface area contributed by atoms with Crippen molar-refractivity contribution in [2.75, 3.05) is 5.32 Å². The van der Waals surface area contributed by atoms with Gasteiger partial charge in [0.1, 0.15) is 11.3 Å². The lowest BCUT2D eigenvalue weighted by Crippen LogP contribution is -2.20. The van der Waals surface area contributed by atoms with Crippen molar-refractivity contribution in [1.29, 1.82) is 0 Å². The second kappa shape index (κ2) is 7.26. The van der Waals surface area contributed by atoms with Crippen LogP contribution in [0.4, 0.5) is 18.9 Å². The molecule has 1 aromatic carbocycles. The number of aromatic nitrogens is 4. The molecule has 0 aliphatic carbocycles. The van der Waals surface area contributed by atoms with Crippen molar-refractivity contribution in [3.05, 3.63) is 65.9 Å². The van der Waals surface area contributed by atoms with Crippen molar-refractivity contribution in [2.45, 2.75) is 19.2 Å². The number of amides is 1. The van der Waals surface area contributed by atoms with E-state index in [4.69, 9.17) is 0 Å². The zero-order chi connectivity index (χ0) is 21.5. The van der Waals surface area contributed by atoms with Crippen LogP contribution in [0.5, 0.6) is 0 Å². The number of imidazole rings is 1. The number of aryl methyl sites for hydroxylation is 1. The maximum atomic E-state index is 12.7. The first-order chi connectivity index (χ1) is 14.2. The molecule has 30 heavy (non-hydrogen) atoms. The molecule has 0 fully saturated rings. The van der Waals surface area contributed by atoms with Gasteiger partial charge in [0.05, 0.1) is 6.20 Å². The van der Waals surface area contributed by atoms with Crippen molar-refractivity contribution in [3.63, 3.8) is 0 Å². The van der Waals surface area contributed by atoms with Gasteiger partial charge in [-0.25, -0.2) is 4.98 Å². The summed E-state index contributed by atoms with van der Waals surface area (Å²) in [6.45, 7) is 1.75. The van der Waals surface area contributed by atoms with Crippen molar-refractivity contribution in [2.24, 2.45) is 0 Å². The van der Waals surface area contributed by atoms with Gasteiger partial charge in [-0.05, 0) is 30.7 Å². The third-order valence-corrected chi connectivity index (χ3v) is 4.38. The van der Waals surface area contributed by atoms with Crippen LogP contribution in [0.2, 0.25) is 0 Å². The molecule has 8 nitrogen and oxygen atoms in total. The number of nitrogens with one attached hydrogen (secondary N) is 1. The standard InChI is InChI=1S/C19H14F3N5O3/c1-10-5-6-11(16-25-18(30-26-16)15(28)19(20,21)22)8-12(10)24-17(29)13-9-23-14-4-2-3-7-27(13)14/h2-9,15,28H,1H3,(H,24,29). The third-order valence-electron chi connectivity index (χ3n) is 4.38. The summed E-state index contributed by atoms with van der Waals surface area (Å²) in [6.07, 6.45) is -4.66. The minimum absolute atomic E-state index is 0.154. The Hall–Kier alpha value is -3.73. The highest BCUT2D eigenvalue weighted by Crippen LogP contribution is 2.33. The predicted octanol–water partition coefficient (Wildman–Crippen LogP) is 3.54. The topological polar surface area (TPSA) is 106 Å². The Kier molecular flexibility index (Phi) is 4.74. The Morgan fingerprint density at radius 3 is 2.83 bits per heavy atom. The number of aliphatic hydroxyl groups excluding tert-OH is 1. The minimum atomic E-state index is -4.93. The van der Waals surface area contributed by atoms with Gasteiger partial charge in [0, 0.05) is 17.4 Å². The smallest absolute Gasteiger partial charge is 0.376 e. The van der Waals surface area contributed by atoms with Gasteiger partial charge < -0.3 is 14.9 Å². The Labute approximate surface area is 167 Å². The number of alkyl halides is 3. The second-order valence-electron chi connectivity index (χ2n) is 6.46. The summed E-state index contributed by atoms with van der Waals surface area (Å²) in [6, 6.07) is 10.0. The molecular weight excluding hydrogens is 403 g/mol. The fourth-order valence-corrected chi connectivity index (χ4v) is 2.79. The number of rotatable bonds is 4. The molecule has 0 bridgehead atoms. The number of carbonyl (C=O) groups excluding carboxylic acids is 1. The molecule has 1 unspecified atom stereocenters. The summed E-state index contributed by atoms with van der Waals surface area (Å²) in [7, 11) is 0. The van der Waals surface area contributed by atoms with Crippen molar-refractivity contribution in [1.82, 2.24) is 19.5 Å². The van der Waals surface area contributed by atoms with Gasteiger partial charge in [-0.15, -0.1) is 0 Å². The Bertz CT molecular complexity index is 1230. The number of benzene rings is 1. The van der Waals surface area contributed by atoms with Gasteiger partial charge in [-0.3, -0.25) is 9.20 Å². The first kappa shape index (κ1) is 19.6. The van der Waals surface area contributed by atoms with Crippen molar-refractivity contribution in [3.8, 4) is 11.4 Å². The Morgan fingerprint density at radius 2 is 2.07 bits per heavy atom. The van der Waals surface area contributed by atoms with Crippen LogP contribution < -0.4 is 5.32 Å². The van der Waals surface area contributed by atoms with Crippen LogP contribution in [-0.4, -0.2) is 36.7 Å². The Balaban J connectivity index is 1.61. The molecule has 1 atom stereocenters. The fraction of sp³-hybridized carbons (Fsp3) is 0.158. The van der Waals surface area contributed by atoms with Crippen LogP contribution in [0.25, 0.3) is 17.0 Å². The van der Waals surface area contributed by atoms with Crippen LogP contribution in [0.3, 0.4) is 0 Å². The highest BCUT2D eigenvalue weighted by molar-refractivity contribution is 6.04. The van der Waals surface area contributed by atoms with E-state index in [1.165, 1.54) is 12.3 Å². The molecule has 3 aromatic heterocycles. The van der Waals surface area contributed by atoms with E-state index < -0.39 is 24.1 Å². The molecule has 11 heteroatoms. The lowest BCUT2D eigenvalue weighted by atomic mass is 10.1. The van der Waals surface area contributed by atoms with E-state index in [1.54, 1.807) is 47.9 Å². The maximum Gasteiger partial charge on any atom is 0.423 e. The summed E-state index contributed by atoms with van der Waals surface area (Å²) in [5.74, 6) is -1.54. The quantitative estimate of drug-likeness (QED) is 0.526. The van der Waals surface area contributed by atoms with Crippen molar-refractivity contribution < 1.29 is 27.6 Å². The maximum absolute atomic E-state index is 12.7. The van der Waals surface area contributed by atoms with Crippen LogP contribution in [0.1, 0.15) is 28.0 Å². The molecular formula is C19H14F3N5O3. The predicted molar refractivity (Wildman–Crippen MR) is 98.6 cm³/mol. The summed E-state index contributed by atoms with van der Waals surface area (Å²) in [5, 5.41) is 15.5. The zero-order valence-corrected chi connectivity index (χ0v) is 15.4. The molecule has 1 amide bonds. The number of fused-ring (bicyclic) bond motifs is 1. The van der Waals surface area contributed by atoms with E-state index in [9.17, 15) is 23.1 Å². The normalized spacial score (nSPS) is 12.8. The molecule has 4 aromatic rings. The lowest BCUT2D eigenvalue weighted by molar-refractivity contribution is -0.213. The molecule has 0 saturated carbocycles. The largest absolute Gasteiger partial charge is 0.423 e. The van der Waals surface area contributed by atoms with E-state index in [2.05, 4.69) is 25.0 Å². The summed E-state index contributed by atoms with van der Waals surface area (Å²) >= 11 is 0. The number of halogens is 3. The van der Waals surface area contributed by atoms with E-state index >= 15 is 0 Å². The van der Waals surface area contributed by atoms with Crippen LogP contribution >= 0.6 is 0 Å². The van der Waals surface area contributed by atoms with Crippen LogP contribution in [0.15, 0.2) is 53.3 Å². The number of nitrogens with zero attached hydrogens (tertiary/aromatic N) is 4.